The van der Waals surface area contributed by atoms with Gasteiger partial charge in [0.05, 0.1) is 33.9 Å². The number of carboxylic acids is 1. The number of hydrogen-bond acceptors (Lipinski definition) is 5. The average molecular weight is 374 g/mol. The average Bonchev–Trinajstić information content (AvgIpc) is 2.69. The molecule has 0 spiro atoms. The number of carbonyl (C=O) groups is 1. The fourth-order valence-electron chi connectivity index (χ4n) is 2.81. The molecule has 0 aliphatic heterocycles. The highest BCUT2D eigenvalue weighted by atomic mass is 16.5. The molecule has 6 nitrogen and oxygen atoms in total. The predicted octanol–water partition coefficient (Wildman–Crippen LogP) is 3.91. The Balaban J connectivity index is 2.37. The Kier molecular flexibility index (Phi) is 7.34. The Morgan fingerprint density at radius 2 is 1.70 bits per heavy atom. The highest BCUT2D eigenvalue weighted by Gasteiger charge is 2.24. The quantitative estimate of drug-likeness (QED) is 0.680. The van der Waals surface area contributed by atoms with Gasteiger partial charge in [0.2, 0.25) is 0 Å². The lowest BCUT2D eigenvalue weighted by Gasteiger charge is -2.18. The number of carboxylic acid groups (broad SMARTS) is 1. The monoisotopic (exact) mass is 374 g/mol. The molecule has 0 aliphatic carbocycles. The third-order valence-corrected chi connectivity index (χ3v) is 4.27. The summed E-state index contributed by atoms with van der Waals surface area (Å²) in [6, 6.07) is 10.6. The van der Waals surface area contributed by atoms with E-state index in [1.807, 2.05) is 19.1 Å². The van der Waals surface area contributed by atoms with Crippen molar-refractivity contribution in [2.24, 2.45) is 0 Å². The highest BCUT2D eigenvalue weighted by Crippen LogP contribution is 2.34. The molecule has 1 N–H and O–H groups in total. The number of methoxy groups -OCH3 is 3. The molecule has 1 unspecified atom stereocenters. The topological polar surface area (TPSA) is 74.2 Å². The zero-order valence-electron chi connectivity index (χ0n) is 16.2. The van der Waals surface area contributed by atoms with Crippen LogP contribution in [0.15, 0.2) is 36.4 Å². The van der Waals surface area contributed by atoms with Crippen LogP contribution in [0.4, 0.5) is 0 Å². The summed E-state index contributed by atoms with van der Waals surface area (Å²) in [5.41, 5.74) is 1.45. The molecule has 6 heteroatoms. The summed E-state index contributed by atoms with van der Waals surface area (Å²) < 4.78 is 21.6. The van der Waals surface area contributed by atoms with Crippen LogP contribution < -0.4 is 18.9 Å². The summed E-state index contributed by atoms with van der Waals surface area (Å²) in [5, 5.41) is 9.81. The van der Waals surface area contributed by atoms with Gasteiger partial charge < -0.3 is 24.1 Å². The lowest BCUT2D eigenvalue weighted by Crippen LogP contribution is -2.15. The van der Waals surface area contributed by atoms with Gasteiger partial charge in [-0.2, -0.15) is 0 Å². The zero-order chi connectivity index (χ0) is 19.8. The van der Waals surface area contributed by atoms with Crippen molar-refractivity contribution in [3.05, 3.63) is 47.5 Å². The zero-order valence-corrected chi connectivity index (χ0v) is 16.2. The molecular weight excluding hydrogens is 348 g/mol. The smallest absolute Gasteiger partial charge is 0.311 e. The molecule has 1 atom stereocenters. The number of ether oxygens (including phenoxy) is 4. The Hall–Kier alpha value is -2.89. The lowest BCUT2D eigenvalue weighted by molar-refractivity contribution is -0.138. The molecule has 0 aromatic heterocycles. The third kappa shape index (κ3) is 5.06. The standard InChI is InChI=1S/C21H26O6/c1-5-10-27-19-13-16(24-2)8-6-15(19)11-17(21(22)23)14-7-9-18(25-3)20(12-14)26-4/h6-9,12-13,17H,5,10-11H2,1-4H3,(H,22,23). The Bertz CT molecular complexity index is 771. The van der Waals surface area contributed by atoms with Crippen molar-refractivity contribution in [3.63, 3.8) is 0 Å². The van der Waals surface area contributed by atoms with Gasteiger partial charge in [-0.1, -0.05) is 19.1 Å². The summed E-state index contributed by atoms with van der Waals surface area (Å²) in [4.78, 5) is 12.0. The maximum atomic E-state index is 12.0. The molecule has 27 heavy (non-hydrogen) atoms. The normalized spacial score (nSPS) is 11.6. The second-order valence-corrected chi connectivity index (χ2v) is 6.03. The van der Waals surface area contributed by atoms with Crippen LogP contribution >= 0.6 is 0 Å². The van der Waals surface area contributed by atoms with Crippen LogP contribution in [0.1, 0.15) is 30.4 Å². The van der Waals surface area contributed by atoms with Crippen molar-refractivity contribution < 1.29 is 28.8 Å². The van der Waals surface area contributed by atoms with Gasteiger partial charge in [-0.05, 0) is 42.2 Å². The molecule has 0 saturated heterocycles. The molecule has 0 amide bonds. The third-order valence-electron chi connectivity index (χ3n) is 4.27. The van der Waals surface area contributed by atoms with Gasteiger partial charge in [0.25, 0.3) is 0 Å². The Morgan fingerprint density at radius 3 is 2.30 bits per heavy atom. The molecule has 0 saturated carbocycles. The molecule has 0 fully saturated rings. The van der Waals surface area contributed by atoms with Gasteiger partial charge in [-0.15, -0.1) is 0 Å². The largest absolute Gasteiger partial charge is 0.497 e. The maximum Gasteiger partial charge on any atom is 0.311 e. The summed E-state index contributed by atoms with van der Waals surface area (Å²) >= 11 is 0. The van der Waals surface area contributed by atoms with Crippen LogP contribution in [-0.4, -0.2) is 39.0 Å². The molecule has 0 aliphatic rings. The molecule has 0 radical (unpaired) electrons. The minimum Gasteiger partial charge on any atom is -0.497 e. The van der Waals surface area contributed by atoms with E-state index in [4.69, 9.17) is 18.9 Å². The van der Waals surface area contributed by atoms with Crippen LogP contribution in [0.2, 0.25) is 0 Å². The maximum absolute atomic E-state index is 12.0. The molecule has 146 valence electrons. The van der Waals surface area contributed by atoms with Gasteiger partial charge in [-0.3, -0.25) is 4.79 Å². The van der Waals surface area contributed by atoms with E-state index in [0.29, 0.717) is 35.2 Å². The van der Waals surface area contributed by atoms with Gasteiger partial charge in [-0.25, -0.2) is 0 Å². The summed E-state index contributed by atoms with van der Waals surface area (Å²) in [6.45, 7) is 2.57. The first kappa shape index (κ1) is 20.4. The van der Waals surface area contributed by atoms with Gasteiger partial charge in [0, 0.05) is 6.07 Å². The number of benzene rings is 2. The van der Waals surface area contributed by atoms with Crippen LogP contribution in [0.5, 0.6) is 23.0 Å². The molecule has 0 heterocycles. The summed E-state index contributed by atoms with van der Waals surface area (Å²) in [5.74, 6) is 0.702. The first-order chi connectivity index (χ1) is 13.0. The summed E-state index contributed by atoms with van der Waals surface area (Å²) in [7, 11) is 4.65. The van der Waals surface area contributed by atoms with Gasteiger partial charge >= 0.3 is 5.97 Å². The second-order valence-electron chi connectivity index (χ2n) is 6.03. The van der Waals surface area contributed by atoms with E-state index in [2.05, 4.69) is 0 Å². The van der Waals surface area contributed by atoms with Crippen LogP contribution in [-0.2, 0) is 11.2 Å². The van der Waals surface area contributed by atoms with Crippen molar-refractivity contribution >= 4 is 5.97 Å². The van der Waals surface area contributed by atoms with E-state index >= 15 is 0 Å². The lowest BCUT2D eigenvalue weighted by atomic mass is 9.91. The fourth-order valence-corrected chi connectivity index (χ4v) is 2.81. The Morgan fingerprint density at radius 1 is 0.963 bits per heavy atom. The highest BCUT2D eigenvalue weighted by molar-refractivity contribution is 5.77. The fraction of sp³-hybridized carbons (Fsp3) is 0.381. The van der Waals surface area contributed by atoms with Gasteiger partial charge in [0.1, 0.15) is 11.5 Å². The first-order valence-electron chi connectivity index (χ1n) is 8.78. The van der Waals surface area contributed by atoms with Crippen molar-refractivity contribution in [3.8, 4) is 23.0 Å². The first-order valence-corrected chi connectivity index (χ1v) is 8.78. The van der Waals surface area contributed by atoms with Crippen LogP contribution in [0.3, 0.4) is 0 Å². The second kappa shape index (κ2) is 9.71. The van der Waals surface area contributed by atoms with E-state index in [1.54, 1.807) is 38.5 Å². The van der Waals surface area contributed by atoms with E-state index in [9.17, 15) is 9.90 Å². The SMILES string of the molecule is CCCOc1cc(OC)ccc1CC(C(=O)O)c1ccc(OC)c(OC)c1. The van der Waals surface area contributed by atoms with E-state index in [0.717, 1.165) is 12.0 Å². The number of rotatable bonds is 10. The van der Waals surface area contributed by atoms with E-state index in [-0.39, 0.29) is 6.42 Å². The number of hydrogen-bond donors (Lipinski definition) is 1. The predicted molar refractivity (Wildman–Crippen MR) is 102 cm³/mol. The van der Waals surface area contributed by atoms with Crippen LogP contribution in [0.25, 0.3) is 0 Å². The van der Waals surface area contributed by atoms with E-state index in [1.165, 1.54) is 7.11 Å². The summed E-state index contributed by atoms with van der Waals surface area (Å²) in [6.07, 6.45) is 1.14. The molecular formula is C21H26O6. The molecule has 0 bridgehead atoms. The van der Waals surface area contributed by atoms with Crippen molar-refractivity contribution in [1.82, 2.24) is 0 Å². The van der Waals surface area contributed by atoms with Gasteiger partial charge in [0.15, 0.2) is 11.5 Å². The minimum atomic E-state index is -0.917. The molecule has 2 rings (SSSR count). The molecule has 2 aromatic rings. The van der Waals surface area contributed by atoms with Crippen molar-refractivity contribution in [2.45, 2.75) is 25.7 Å². The Labute approximate surface area is 159 Å². The number of aliphatic carboxylic acids is 1. The van der Waals surface area contributed by atoms with Crippen LogP contribution in [0, 0.1) is 0 Å². The van der Waals surface area contributed by atoms with E-state index < -0.39 is 11.9 Å². The minimum absolute atomic E-state index is 0.286. The van der Waals surface area contributed by atoms with Crippen molar-refractivity contribution in [1.29, 1.82) is 0 Å². The molecule has 2 aromatic carbocycles. The van der Waals surface area contributed by atoms with Crippen molar-refractivity contribution in [2.75, 3.05) is 27.9 Å².